The predicted octanol–water partition coefficient (Wildman–Crippen LogP) is 1.06. The number of rotatable bonds is 3. The summed E-state index contributed by atoms with van der Waals surface area (Å²) in [7, 11) is 0. The van der Waals surface area contributed by atoms with E-state index < -0.39 is 11.6 Å². The molecule has 0 spiro atoms. The lowest BCUT2D eigenvalue weighted by atomic mass is 10.0. The van der Waals surface area contributed by atoms with Gasteiger partial charge in [0.25, 0.3) is 0 Å². The summed E-state index contributed by atoms with van der Waals surface area (Å²) in [4.78, 5) is 11.8. The van der Waals surface area contributed by atoms with Crippen molar-refractivity contribution in [1.82, 2.24) is 5.32 Å². The van der Waals surface area contributed by atoms with Gasteiger partial charge in [-0.15, -0.1) is 0 Å². The minimum absolute atomic E-state index is 0.0734. The lowest BCUT2D eigenvalue weighted by Crippen LogP contribution is -2.47. The number of Topliss-reactive ketones (excluding diaryl/α,β-unsaturated/α-hetero) is 1. The first-order chi connectivity index (χ1) is 8.16. The highest BCUT2D eigenvalue weighted by atomic mass is 19.2. The third-order valence-electron chi connectivity index (χ3n) is 2.67. The van der Waals surface area contributed by atoms with Gasteiger partial charge in [-0.05, 0) is 17.7 Å². The first-order valence-electron chi connectivity index (χ1n) is 5.44. The van der Waals surface area contributed by atoms with Crippen LogP contribution in [0.15, 0.2) is 18.2 Å². The average molecular weight is 241 g/mol. The van der Waals surface area contributed by atoms with Crippen LogP contribution in [0, 0.1) is 11.6 Å². The zero-order valence-electron chi connectivity index (χ0n) is 9.21. The number of hydrogen-bond donors (Lipinski definition) is 1. The lowest BCUT2D eigenvalue weighted by Gasteiger charge is -2.22. The molecule has 1 unspecified atom stereocenters. The minimum atomic E-state index is -0.928. The smallest absolute Gasteiger partial charge is 0.159 e. The number of nitrogens with one attached hydrogen (secondary N) is 1. The molecule has 1 aromatic rings. The van der Waals surface area contributed by atoms with E-state index in [2.05, 4.69) is 5.32 Å². The molecular formula is C12H13F2NO2. The second-order valence-corrected chi connectivity index (χ2v) is 3.97. The van der Waals surface area contributed by atoms with E-state index in [0.29, 0.717) is 25.3 Å². The molecule has 2 rings (SSSR count). The fraction of sp³-hybridized carbons (Fsp3) is 0.417. The van der Waals surface area contributed by atoms with Gasteiger partial charge < -0.3 is 10.1 Å². The fourth-order valence-corrected chi connectivity index (χ4v) is 1.75. The molecule has 17 heavy (non-hydrogen) atoms. The highest BCUT2D eigenvalue weighted by Crippen LogP contribution is 2.10. The van der Waals surface area contributed by atoms with Crippen LogP contribution in [-0.4, -0.2) is 31.6 Å². The van der Waals surface area contributed by atoms with E-state index in [9.17, 15) is 13.6 Å². The maximum atomic E-state index is 12.9. The Labute approximate surface area is 97.8 Å². The lowest BCUT2D eigenvalue weighted by molar-refractivity contribution is -0.123. The summed E-state index contributed by atoms with van der Waals surface area (Å²) in [5, 5.41) is 3.02. The summed E-state index contributed by atoms with van der Waals surface area (Å²) in [5.41, 5.74) is 0.473. The first-order valence-corrected chi connectivity index (χ1v) is 5.44. The molecule has 0 bridgehead atoms. The molecule has 0 radical (unpaired) electrons. The van der Waals surface area contributed by atoms with Gasteiger partial charge in [0.1, 0.15) is 0 Å². The number of carbonyl (C=O) groups is 1. The van der Waals surface area contributed by atoms with E-state index in [1.807, 2.05) is 0 Å². The Kier molecular flexibility index (Phi) is 3.81. The zero-order chi connectivity index (χ0) is 12.3. The molecule has 0 aliphatic carbocycles. The maximum absolute atomic E-state index is 12.9. The Morgan fingerprint density at radius 2 is 2.24 bits per heavy atom. The summed E-state index contributed by atoms with van der Waals surface area (Å²) in [5.74, 6) is -1.90. The standard InChI is InChI=1S/C12H13F2NO2/c13-9-2-1-8(5-10(9)14)6-12(16)11-7-17-4-3-15-11/h1-2,5,11,15H,3-4,6-7H2. The molecule has 92 valence electrons. The quantitative estimate of drug-likeness (QED) is 0.860. The fourth-order valence-electron chi connectivity index (χ4n) is 1.75. The van der Waals surface area contributed by atoms with Crippen molar-refractivity contribution in [3.05, 3.63) is 35.4 Å². The predicted molar refractivity (Wildman–Crippen MR) is 57.7 cm³/mol. The van der Waals surface area contributed by atoms with E-state index >= 15 is 0 Å². The molecule has 1 aromatic carbocycles. The second-order valence-electron chi connectivity index (χ2n) is 3.97. The van der Waals surface area contributed by atoms with Gasteiger partial charge in [0.05, 0.1) is 19.3 Å². The van der Waals surface area contributed by atoms with Crippen molar-refractivity contribution in [1.29, 1.82) is 0 Å². The number of ether oxygens (including phenoxy) is 1. The van der Waals surface area contributed by atoms with Gasteiger partial charge in [0.2, 0.25) is 0 Å². The number of ketones is 1. The number of halogens is 2. The highest BCUT2D eigenvalue weighted by Gasteiger charge is 2.21. The summed E-state index contributed by atoms with van der Waals surface area (Å²) in [6.07, 6.45) is 0.0816. The second kappa shape index (κ2) is 5.33. The van der Waals surface area contributed by atoms with Gasteiger partial charge in [-0.1, -0.05) is 6.07 Å². The summed E-state index contributed by atoms with van der Waals surface area (Å²) < 4.78 is 30.8. The number of carbonyl (C=O) groups excluding carboxylic acids is 1. The molecule has 3 nitrogen and oxygen atoms in total. The Bertz CT molecular complexity index is 417. The largest absolute Gasteiger partial charge is 0.378 e. The Morgan fingerprint density at radius 3 is 2.88 bits per heavy atom. The van der Waals surface area contributed by atoms with E-state index in [1.165, 1.54) is 6.07 Å². The van der Waals surface area contributed by atoms with Gasteiger partial charge in [-0.2, -0.15) is 0 Å². The molecule has 0 aromatic heterocycles. The van der Waals surface area contributed by atoms with Crippen LogP contribution >= 0.6 is 0 Å². The number of hydrogen-bond acceptors (Lipinski definition) is 3. The molecule has 0 saturated carbocycles. The maximum Gasteiger partial charge on any atom is 0.159 e. The van der Waals surface area contributed by atoms with E-state index in [4.69, 9.17) is 4.74 Å². The summed E-state index contributed by atoms with van der Waals surface area (Å²) in [6.45, 7) is 1.56. The van der Waals surface area contributed by atoms with E-state index in [0.717, 1.165) is 12.1 Å². The summed E-state index contributed by atoms with van der Waals surface area (Å²) in [6, 6.07) is 3.15. The molecule has 1 N–H and O–H groups in total. The molecule has 1 fully saturated rings. The van der Waals surface area contributed by atoms with Crippen molar-refractivity contribution < 1.29 is 18.3 Å². The normalized spacial score (nSPS) is 20.2. The average Bonchev–Trinajstić information content (AvgIpc) is 2.35. The van der Waals surface area contributed by atoms with Gasteiger partial charge in [0, 0.05) is 13.0 Å². The minimum Gasteiger partial charge on any atom is -0.378 e. The molecule has 1 atom stereocenters. The van der Waals surface area contributed by atoms with Crippen molar-refractivity contribution >= 4 is 5.78 Å². The van der Waals surface area contributed by atoms with Gasteiger partial charge in [-0.3, -0.25) is 4.79 Å². The van der Waals surface area contributed by atoms with Crippen LogP contribution < -0.4 is 5.32 Å². The van der Waals surface area contributed by atoms with Gasteiger partial charge >= 0.3 is 0 Å². The van der Waals surface area contributed by atoms with Crippen LogP contribution in [0.2, 0.25) is 0 Å². The molecule has 1 aliphatic rings. The van der Waals surface area contributed by atoms with Gasteiger partial charge in [-0.25, -0.2) is 8.78 Å². The van der Waals surface area contributed by atoms with Crippen LogP contribution in [0.1, 0.15) is 5.56 Å². The van der Waals surface area contributed by atoms with E-state index in [1.54, 1.807) is 0 Å². The highest BCUT2D eigenvalue weighted by molar-refractivity contribution is 5.86. The van der Waals surface area contributed by atoms with Crippen molar-refractivity contribution in [2.75, 3.05) is 19.8 Å². The SMILES string of the molecule is O=C(Cc1ccc(F)c(F)c1)C1COCCN1. The van der Waals surface area contributed by atoms with Crippen molar-refractivity contribution in [2.24, 2.45) is 0 Å². The number of benzene rings is 1. The Morgan fingerprint density at radius 1 is 1.41 bits per heavy atom. The van der Waals surface area contributed by atoms with Crippen molar-refractivity contribution in [2.45, 2.75) is 12.5 Å². The number of morpholine rings is 1. The third kappa shape index (κ3) is 3.08. The molecule has 1 saturated heterocycles. The van der Waals surface area contributed by atoms with Crippen LogP contribution in [0.5, 0.6) is 0 Å². The van der Waals surface area contributed by atoms with E-state index in [-0.39, 0.29) is 18.2 Å². The van der Waals surface area contributed by atoms with Gasteiger partial charge in [0.15, 0.2) is 17.4 Å². The van der Waals surface area contributed by atoms with Crippen molar-refractivity contribution in [3.8, 4) is 0 Å². The Balaban J connectivity index is 1.99. The van der Waals surface area contributed by atoms with Crippen LogP contribution in [0.3, 0.4) is 0 Å². The van der Waals surface area contributed by atoms with Crippen molar-refractivity contribution in [3.63, 3.8) is 0 Å². The topological polar surface area (TPSA) is 38.3 Å². The molecule has 5 heteroatoms. The molecule has 1 aliphatic heterocycles. The first kappa shape index (κ1) is 12.1. The molecule has 1 heterocycles. The third-order valence-corrected chi connectivity index (χ3v) is 2.67. The van der Waals surface area contributed by atoms with Crippen LogP contribution in [0.25, 0.3) is 0 Å². The molecular weight excluding hydrogens is 228 g/mol. The Hall–Kier alpha value is -1.33. The van der Waals surface area contributed by atoms with Crippen LogP contribution in [-0.2, 0) is 16.0 Å². The molecule has 0 amide bonds. The monoisotopic (exact) mass is 241 g/mol. The summed E-state index contributed by atoms with van der Waals surface area (Å²) >= 11 is 0. The van der Waals surface area contributed by atoms with Crippen LogP contribution in [0.4, 0.5) is 8.78 Å². The zero-order valence-corrected chi connectivity index (χ0v) is 9.21.